The molecule has 3 aromatic rings. The average Bonchev–Trinajstić information content (AvgIpc) is 3.19. The van der Waals surface area contributed by atoms with Crippen LogP contribution in [0.5, 0.6) is 5.75 Å². The van der Waals surface area contributed by atoms with Gasteiger partial charge in [-0.15, -0.1) is 0 Å². The van der Waals surface area contributed by atoms with Crippen molar-refractivity contribution in [3.8, 4) is 16.9 Å². The van der Waals surface area contributed by atoms with Gasteiger partial charge in [-0.3, -0.25) is 18.7 Å². The summed E-state index contributed by atoms with van der Waals surface area (Å²) in [6, 6.07) is 4.19. The second-order valence-corrected chi connectivity index (χ2v) is 10.4. The molecule has 2 aromatic carbocycles. The Balaban J connectivity index is 1.62. The number of benzene rings is 2. The second kappa shape index (κ2) is 7.97. The molecule has 12 heteroatoms. The Hall–Kier alpha value is -3.57. The number of piperazine rings is 1. The number of hydrogen-bond acceptors (Lipinski definition) is 6. The fraction of sp³-hybridized carbons (Fsp3) is 0.208. The zero-order valence-electron chi connectivity index (χ0n) is 18.5. The Morgan fingerprint density at radius 1 is 1.25 bits per heavy atom. The first kappa shape index (κ1) is 22.9. The van der Waals surface area contributed by atoms with E-state index in [2.05, 4.69) is 11.6 Å². The number of halogens is 3. The van der Waals surface area contributed by atoms with Crippen LogP contribution in [0.1, 0.15) is 0 Å². The summed E-state index contributed by atoms with van der Waals surface area (Å²) in [4.78, 5) is 34.5. The van der Waals surface area contributed by atoms with Crippen LogP contribution in [0.15, 0.2) is 41.9 Å². The summed E-state index contributed by atoms with van der Waals surface area (Å²) in [6.07, 6.45) is 1.17. The molecule has 1 fully saturated rings. The summed E-state index contributed by atoms with van der Waals surface area (Å²) >= 11 is 6.47. The normalized spacial score (nSPS) is 20.5. The van der Waals surface area contributed by atoms with E-state index in [9.17, 15) is 23.3 Å². The summed E-state index contributed by atoms with van der Waals surface area (Å²) in [5, 5.41) is 10.4. The number of carbonyl (C=O) groups excluding carboxylic acids is 2. The van der Waals surface area contributed by atoms with Crippen molar-refractivity contribution in [2.24, 2.45) is 0 Å². The third-order valence-corrected chi connectivity index (χ3v) is 8.27. The molecule has 2 amide bonds. The Morgan fingerprint density at radius 3 is 2.75 bits per heavy atom. The summed E-state index contributed by atoms with van der Waals surface area (Å²) in [6.45, 7) is 4.11. The maximum absolute atomic E-state index is 16.0. The predicted molar refractivity (Wildman–Crippen MR) is 130 cm³/mol. The van der Waals surface area contributed by atoms with Gasteiger partial charge in [0, 0.05) is 24.0 Å². The van der Waals surface area contributed by atoms with Crippen LogP contribution in [-0.4, -0.2) is 62.6 Å². The highest BCUT2D eigenvalue weighted by atomic mass is 35.5. The zero-order chi connectivity index (χ0) is 25.5. The maximum atomic E-state index is 16.0. The number of fused-ring (bicyclic) bond motifs is 4. The number of carbonyl (C=O) groups is 2. The molecule has 6 rings (SSSR count). The van der Waals surface area contributed by atoms with Gasteiger partial charge in [0.1, 0.15) is 34.7 Å². The van der Waals surface area contributed by atoms with E-state index in [1.807, 2.05) is 0 Å². The van der Waals surface area contributed by atoms with Crippen molar-refractivity contribution in [3.63, 3.8) is 0 Å². The molecule has 0 spiro atoms. The number of nitrogens with zero attached hydrogens (tertiary/aromatic N) is 4. The van der Waals surface area contributed by atoms with Gasteiger partial charge in [-0.1, -0.05) is 24.2 Å². The van der Waals surface area contributed by atoms with Crippen LogP contribution < -0.4 is 9.80 Å². The second-order valence-electron chi connectivity index (χ2n) is 8.63. The Bertz CT molecular complexity index is 1550. The van der Waals surface area contributed by atoms with E-state index in [1.165, 1.54) is 34.1 Å². The molecule has 0 bridgehead atoms. The van der Waals surface area contributed by atoms with E-state index in [4.69, 9.17) is 11.6 Å². The standard InChI is InChI=1S/C24H17ClF2N4O4S/c1-2-16(33)29-6-7-30-14(9-29)24(34)31-10-36(35)23-22(31)21(30)11-8-12(25)17(19(27)20(11)28-23)18-13(26)4-3-5-15(18)32/h2-5,8,14,32H,1,6-7,9-10H2/t14-,36?/m1/s1. The van der Waals surface area contributed by atoms with Gasteiger partial charge < -0.3 is 14.9 Å². The Labute approximate surface area is 210 Å². The van der Waals surface area contributed by atoms with Gasteiger partial charge in [-0.25, -0.2) is 13.8 Å². The molecule has 1 aromatic heterocycles. The number of aromatic nitrogens is 1. The average molecular weight is 531 g/mol. The molecular weight excluding hydrogens is 514 g/mol. The molecule has 2 atom stereocenters. The van der Waals surface area contributed by atoms with Crippen molar-refractivity contribution in [2.75, 3.05) is 35.3 Å². The van der Waals surface area contributed by atoms with Gasteiger partial charge in [0.25, 0.3) is 5.91 Å². The topological polar surface area (TPSA) is 94.1 Å². The highest BCUT2D eigenvalue weighted by Gasteiger charge is 2.48. The van der Waals surface area contributed by atoms with Crippen molar-refractivity contribution in [1.29, 1.82) is 0 Å². The molecule has 0 aliphatic carbocycles. The first-order valence-electron chi connectivity index (χ1n) is 10.9. The van der Waals surface area contributed by atoms with Crippen LogP contribution in [0.2, 0.25) is 5.02 Å². The maximum Gasteiger partial charge on any atom is 0.252 e. The quantitative estimate of drug-likeness (QED) is 0.512. The van der Waals surface area contributed by atoms with E-state index < -0.39 is 39.8 Å². The number of hydrogen-bond donors (Lipinski definition) is 1. The molecule has 0 saturated carbocycles. The highest BCUT2D eigenvalue weighted by Crippen LogP contribution is 2.51. The predicted octanol–water partition coefficient (Wildman–Crippen LogP) is 3.17. The zero-order valence-corrected chi connectivity index (χ0v) is 20.1. The molecular formula is C24H17ClF2N4O4S. The lowest BCUT2D eigenvalue weighted by Gasteiger charge is -2.47. The third kappa shape index (κ3) is 3.02. The first-order chi connectivity index (χ1) is 17.2. The molecule has 3 aliphatic heterocycles. The van der Waals surface area contributed by atoms with E-state index in [0.717, 1.165) is 6.07 Å². The fourth-order valence-corrected chi connectivity index (χ4v) is 6.67. The molecule has 3 aliphatic rings. The SMILES string of the molecule is C=CC(=O)N1CCN2c3c4c(nc5c(F)c(-c6c(O)cccc6F)c(Cl)cc35)S(=O)CN4C(=O)[C@H]2C1. The number of phenolic OH excluding ortho intramolecular Hbond substituents is 1. The number of aromatic hydroxyl groups is 1. The minimum atomic E-state index is -1.73. The highest BCUT2D eigenvalue weighted by molar-refractivity contribution is 7.85. The van der Waals surface area contributed by atoms with Crippen molar-refractivity contribution < 1.29 is 27.7 Å². The monoisotopic (exact) mass is 530 g/mol. The van der Waals surface area contributed by atoms with Crippen LogP contribution in [0.25, 0.3) is 22.0 Å². The van der Waals surface area contributed by atoms with Crippen LogP contribution in [0.4, 0.5) is 20.2 Å². The van der Waals surface area contributed by atoms with Crippen LogP contribution in [-0.2, 0) is 20.4 Å². The van der Waals surface area contributed by atoms with Crippen LogP contribution >= 0.6 is 11.6 Å². The first-order valence-corrected chi connectivity index (χ1v) is 12.6. The van der Waals surface area contributed by atoms with E-state index >= 15 is 4.39 Å². The van der Waals surface area contributed by atoms with Gasteiger partial charge in [0.2, 0.25) is 5.91 Å². The van der Waals surface area contributed by atoms with E-state index in [-0.39, 0.29) is 63.8 Å². The molecule has 8 nitrogen and oxygen atoms in total. The van der Waals surface area contributed by atoms with E-state index in [1.54, 1.807) is 4.90 Å². The minimum absolute atomic E-state index is 0.0406. The van der Waals surface area contributed by atoms with Gasteiger partial charge in [-0.05, 0) is 24.3 Å². The van der Waals surface area contributed by atoms with E-state index in [0.29, 0.717) is 11.4 Å². The molecule has 4 heterocycles. The lowest BCUT2D eigenvalue weighted by molar-refractivity contribution is -0.128. The van der Waals surface area contributed by atoms with Crippen molar-refractivity contribution in [3.05, 3.63) is 53.6 Å². The van der Waals surface area contributed by atoms with Crippen molar-refractivity contribution in [1.82, 2.24) is 9.88 Å². The smallest absolute Gasteiger partial charge is 0.252 e. The number of phenols is 1. The van der Waals surface area contributed by atoms with Gasteiger partial charge >= 0.3 is 0 Å². The molecule has 184 valence electrons. The van der Waals surface area contributed by atoms with Gasteiger partial charge in [0.05, 0.1) is 33.6 Å². The van der Waals surface area contributed by atoms with Gasteiger partial charge in [0.15, 0.2) is 10.8 Å². The Kier molecular flexibility index (Phi) is 5.06. The number of amides is 2. The summed E-state index contributed by atoms with van der Waals surface area (Å²) in [7, 11) is -1.73. The summed E-state index contributed by atoms with van der Waals surface area (Å²) in [5.74, 6) is -3.16. The van der Waals surface area contributed by atoms with Crippen LogP contribution in [0, 0.1) is 11.6 Å². The third-order valence-electron chi connectivity index (χ3n) is 6.77. The van der Waals surface area contributed by atoms with Crippen molar-refractivity contribution >= 4 is 56.5 Å². The number of pyridine rings is 1. The Morgan fingerprint density at radius 2 is 2.03 bits per heavy atom. The molecule has 0 radical (unpaired) electrons. The number of rotatable bonds is 2. The largest absolute Gasteiger partial charge is 0.507 e. The van der Waals surface area contributed by atoms with Crippen molar-refractivity contribution in [2.45, 2.75) is 11.1 Å². The summed E-state index contributed by atoms with van der Waals surface area (Å²) in [5.41, 5.74) is -0.238. The summed E-state index contributed by atoms with van der Waals surface area (Å²) < 4.78 is 43.6. The van der Waals surface area contributed by atoms with Crippen LogP contribution in [0.3, 0.4) is 0 Å². The fourth-order valence-electron chi connectivity index (χ4n) is 5.15. The molecule has 1 unspecified atom stereocenters. The molecule has 1 N–H and O–H groups in total. The number of anilines is 2. The lowest BCUT2D eigenvalue weighted by Crippen LogP contribution is -2.63. The lowest BCUT2D eigenvalue weighted by atomic mass is 9.97. The molecule has 36 heavy (non-hydrogen) atoms. The minimum Gasteiger partial charge on any atom is -0.507 e. The van der Waals surface area contributed by atoms with Gasteiger partial charge in [-0.2, -0.15) is 0 Å². The molecule has 1 saturated heterocycles.